The fourth-order valence-corrected chi connectivity index (χ4v) is 4.60. The van der Waals surface area contributed by atoms with Gasteiger partial charge in [0.1, 0.15) is 12.3 Å². The number of ether oxygens (including phenoxy) is 2. The van der Waals surface area contributed by atoms with Crippen molar-refractivity contribution >= 4 is 27.5 Å². The first-order chi connectivity index (χ1) is 16.1. The molecule has 4 aromatic rings. The fraction of sp³-hybridized carbons (Fsp3) is 0.360. The number of pyridine rings is 1. The summed E-state index contributed by atoms with van der Waals surface area (Å²) < 4.78 is 14.8. The zero-order valence-corrected chi connectivity index (χ0v) is 20.8. The lowest BCUT2D eigenvalue weighted by Gasteiger charge is -2.19. The molecular formula is C25H28N4O4S. The van der Waals surface area contributed by atoms with Crippen molar-refractivity contribution in [3.8, 4) is 5.82 Å². The highest BCUT2D eigenvalue weighted by Gasteiger charge is 2.18. The second-order valence-corrected chi connectivity index (χ2v) is 10.1. The second kappa shape index (κ2) is 9.52. The van der Waals surface area contributed by atoms with Crippen LogP contribution < -0.4 is 4.87 Å². The van der Waals surface area contributed by atoms with Crippen molar-refractivity contribution in [2.24, 2.45) is 0 Å². The van der Waals surface area contributed by atoms with Gasteiger partial charge in [-0.2, -0.15) is 5.10 Å². The van der Waals surface area contributed by atoms with E-state index in [2.05, 4.69) is 11.9 Å². The lowest BCUT2D eigenvalue weighted by molar-refractivity contribution is -0.153. The minimum atomic E-state index is -0.511. The van der Waals surface area contributed by atoms with Gasteiger partial charge in [-0.05, 0) is 56.2 Å². The zero-order chi connectivity index (χ0) is 24.5. The number of benzene rings is 1. The molecule has 178 valence electrons. The van der Waals surface area contributed by atoms with Crippen LogP contribution in [0.3, 0.4) is 0 Å². The molecule has 0 aliphatic rings. The topological polar surface area (TPSA) is 88.2 Å². The first-order valence-electron chi connectivity index (χ1n) is 11.0. The molecule has 0 saturated carbocycles. The summed E-state index contributed by atoms with van der Waals surface area (Å²) >= 11 is 1.21. The minimum absolute atomic E-state index is 0.0326. The Hall–Kier alpha value is -3.30. The molecule has 1 aromatic carbocycles. The number of esters is 1. The molecule has 0 aliphatic carbocycles. The molecule has 0 fully saturated rings. The lowest BCUT2D eigenvalue weighted by Crippen LogP contribution is -2.24. The number of carbonyl (C=O) groups excluding carboxylic acids is 1. The smallest absolute Gasteiger partial charge is 0.310 e. The Bertz CT molecular complexity index is 1360. The number of methoxy groups -OCH3 is 1. The number of rotatable bonds is 7. The van der Waals surface area contributed by atoms with E-state index in [0.717, 1.165) is 27.0 Å². The Balaban J connectivity index is 1.49. The van der Waals surface area contributed by atoms with E-state index >= 15 is 0 Å². The van der Waals surface area contributed by atoms with Crippen LogP contribution >= 0.6 is 11.3 Å². The number of thiazole rings is 1. The summed E-state index contributed by atoms with van der Waals surface area (Å²) in [6, 6.07) is 11.7. The van der Waals surface area contributed by atoms with E-state index in [1.54, 1.807) is 22.6 Å². The Labute approximate surface area is 201 Å². The average Bonchev–Trinajstić information content (AvgIpc) is 3.37. The second-order valence-electron chi connectivity index (χ2n) is 9.14. The summed E-state index contributed by atoms with van der Waals surface area (Å²) in [4.78, 5) is 28.7. The highest BCUT2D eigenvalue weighted by molar-refractivity contribution is 7.16. The Morgan fingerprint density at radius 3 is 2.65 bits per heavy atom. The van der Waals surface area contributed by atoms with Crippen LogP contribution in [0.4, 0.5) is 0 Å². The number of hydrogen-bond donors (Lipinski definition) is 0. The average molecular weight is 481 g/mol. The molecule has 3 heterocycles. The van der Waals surface area contributed by atoms with Crippen molar-refractivity contribution in [2.75, 3.05) is 7.11 Å². The molecule has 0 spiro atoms. The SMILES string of the molecule is COCn1c(=O)sc2cc(C(C)c3ccn(-c4ccc(CC(=O)OC(C)(C)C)cn4)n3)ccc21. The predicted molar refractivity (Wildman–Crippen MR) is 132 cm³/mol. The van der Waals surface area contributed by atoms with Crippen LogP contribution in [0, 0.1) is 0 Å². The molecule has 0 saturated heterocycles. The number of fused-ring (bicyclic) bond motifs is 1. The number of aromatic nitrogens is 4. The highest BCUT2D eigenvalue weighted by Crippen LogP contribution is 2.28. The quantitative estimate of drug-likeness (QED) is 0.367. The first-order valence-corrected chi connectivity index (χ1v) is 11.8. The molecule has 1 unspecified atom stereocenters. The summed E-state index contributed by atoms with van der Waals surface area (Å²) in [5.74, 6) is 0.415. The molecule has 0 N–H and O–H groups in total. The maximum Gasteiger partial charge on any atom is 0.310 e. The maximum atomic E-state index is 12.2. The van der Waals surface area contributed by atoms with E-state index in [9.17, 15) is 9.59 Å². The molecule has 0 bridgehead atoms. The van der Waals surface area contributed by atoms with E-state index in [-0.39, 0.29) is 29.9 Å². The van der Waals surface area contributed by atoms with Gasteiger partial charge >= 0.3 is 10.8 Å². The molecule has 4 rings (SSSR count). The van der Waals surface area contributed by atoms with Crippen LogP contribution in [0.15, 0.2) is 53.6 Å². The molecular weight excluding hydrogens is 452 g/mol. The largest absolute Gasteiger partial charge is 0.460 e. The van der Waals surface area contributed by atoms with Gasteiger partial charge in [-0.25, -0.2) is 9.67 Å². The van der Waals surface area contributed by atoms with Gasteiger partial charge in [0.2, 0.25) is 0 Å². The van der Waals surface area contributed by atoms with Gasteiger partial charge in [-0.15, -0.1) is 0 Å². The van der Waals surface area contributed by atoms with Crippen molar-refractivity contribution in [1.29, 1.82) is 0 Å². The van der Waals surface area contributed by atoms with Gasteiger partial charge in [0, 0.05) is 25.4 Å². The minimum Gasteiger partial charge on any atom is -0.460 e. The van der Waals surface area contributed by atoms with Crippen LogP contribution in [0.5, 0.6) is 0 Å². The lowest BCUT2D eigenvalue weighted by atomic mass is 9.98. The van der Waals surface area contributed by atoms with E-state index in [4.69, 9.17) is 14.6 Å². The normalized spacial score (nSPS) is 12.7. The summed E-state index contributed by atoms with van der Waals surface area (Å²) in [6.07, 6.45) is 3.71. The van der Waals surface area contributed by atoms with E-state index in [1.165, 1.54) is 11.3 Å². The third kappa shape index (κ3) is 5.26. The van der Waals surface area contributed by atoms with Gasteiger partial charge in [0.15, 0.2) is 5.82 Å². The monoisotopic (exact) mass is 480 g/mol. The molecule has 0 radical (unpaired) electrons. The number of carbonyl (C=O) groups is 1. The van der Waals surface area contributed by atoms with Crippen molar-refractivity contribution in [1.82, 2.24) is 19.3 Å². The van der Waals surface area contributed by atoms with Gasteiger partial charge in [0.25, 0.3) is 0 Å². The molecule has 1 atom stereocenters. The molecule has 8 nitrogen and oxygen atoms in total. The number of hydrogen-bond acceptors (Lipinski definition) is 7. The van der Waals surface area contributed by atoms with Crippen molar-refractivity contribution in [3.63, 3.8) is 0 Å². The van der Waals surface area contributed by atoms with Crippen molar-refractivity contribution in [3.05, 3.63) is 75.3 Å². The van der Waals surface area contributed by atoms with Gasteiger partial charge in [-0.3, -0.25) is 14.2 Å². The predicted octanol–water partition coefficient (Wildman–Crippen LogP) is 4.28. The van der Waals surface area contributed by atoms with E-state index in [0.29, 0.717) is 5.82 Å². The molecule has 34 heavy (non-hydrogen) atoms. The highest BCUT2D eigenvalue weighted by atomic mass is 32.1. The first kappa shape index (κ1) is 23.8. The molecule has 9 heteroatoms. The zero-order valence-electron chi connectivity index (χ0n) is 19.9. The van der Waals surface area contributed by atoms with Crippen LogP contribution in [0.1, 0.15) is 50.4 Å². The van der Waals surface area contributed by atoms with Crippen molar-refractivity contribution in [2.45, 2.75) is 52.4 Å². The van der Waals surface area contributed by atoms with E-state index < -0.39 is 5.60 Å². The summed E-state index contributed by atoms with van der Waals surface area (Å²) in [6.45, 7) is 7.86. The fourth-order valence-electron chi connectivity index (χ4n) is 3.67. The van der Waals surface area contributed by atoms with Gasteiger partial charge < -0.3 is 9.47 Å². The summed E-state index contributed by atoms with van der Waals surface area (Å²) in [7, 11) is 1.58. The Morgan fingerprint density at radius 1 is 1.18 bits per heavy atom. The standard InChI is InChI=1S/C25H28N4O4S/c1-16(18-7-8-20-21(13-18)34-24(31)28(20)15-32-5)19-10-11-29(27-19)22-9-6-17(14-26-22)12-23(30)33-25(2,3)4/h6-11,13-14,16H,12,15H2,1-5H3. The van der Waals surface area contributed by atoms with Crippen molar-refractivity contribution < 1.29 is 14.3 Å². The summed E-state index contributed by atoms with van der Waals surface area (Å²) in [5, 5.41) is 4.71. The Morgan fingerprint density at radius 2 is 1.97 bits per heavy atom. The molecule has 0 aliphatic heterocycles. The van der Waals surface area contributed by atoms with E-state index in [1.807, 2.05) is 63.4 Å². The number of nitrogens with zero attached hydrogens (tertiary/aromatic N) is 4. The van der Waals surface area contributed by atoms with Crippen LogP contribution in [-0.2, 0) is 27.4 Å². The van der Waals surface area contributed by atoms with Gasteiger partial charge in [-0.1, -0.05) is 30.4 Å². The molecule has 0 amide bonds. The third-order valence-electron chi connectivity index (χ3n) is 5.32. The van der Waals surface area contributed by atoms with Crippen LogP contribution in [0.2, 0.25) is 0 Å². The van der Waals surface area contributed by atoms with Gasteiger partial charge in [0.05, 0.1) is 22.3 Å². The maximum absolute atomic E-state index is 12.2. The van der Waals surface area contributed by atoms with Crippen LogP contribution in [-0.4, -0.2) is 38.0 Å². The molecule has 3 aromatic heterocycles. The van der Waals surface area contributed by atoms with Crippen LogP contribution in [0.25, 0.3) is 16.0 Å². The Kier molecular flexibility index (Phi) is 6.67. The third-order valence-corrected chi connectivity index (χ3v) is 6.26. The summed E-state index contributed by atoms with van der Waals surface area (Å²) in [5.41, 5.74) is 3.11.